The van der Waals surface area contributed by atoms with Crippen LogP contribution in [0, 0.1) is 23.7 Å². The van der Waals surface area contributed by atoms with E-state index in [1.807, 2.05) is 0 Å². The summed E-state index contributed by atoms with van der Waals surface area (Å²) in [6.45, 7) is 2.06. The fourth-order valence-corrected chi connectivity index (χ4v) is 5.36. The summed E-state index contributed by atoms with van der Waals surface area (Å²) in [4.78, 5) is 4.57. The predicted octanol–water partition coefficient (Wildman–Crippen LogP) is 2.77. The summed E-state index contributed by atoms with van der Waals surface area (Å²) in [5.74, 6) is 3.94. The third-order valence-corrected chi connectivity index (χ3v) is 5.71. The number of aromatic nitrogens is 2. The Kier molecular flexibility index (Phi) is 2.73. The largest absolute Gasteiger partial charge is 0.334 e. The maximum absolute atomic E-state index is 5.88. The van der Waals surface area contributed by atoms with Gasteiger partial charge in [0.25, 0.3) is 0 Å². The molecule has 1 aromatic rings. The van der Waals surface area contributed by atoms with Gasteiger partial charge in [0.2, 0.25) is 0 Å². The molecule has 1 unspecified atom stereocenters. The molecule has 0 radical (unpaired) electrons. The molecular formula is C16H25N3. The van der Waals surface area contributed by atoms with Crippen LogP contribution in [0.2, 0.25) is 0 Å². The molecule has 0 aliphatic heterocycles. The SMILES string of the molecule is CC(N)Cc1cn(C2C3CC4CC(C3)CC2C4)cn1. The molecule has 19 heavy (non-hydrogen) atoms. The Morgan fingerprint density at radius 2 is 1.84 bits per heavy atom. The summed E-state index contributed by atoms with van der Waals surface area (Å²) in [5.41, 5.74) is 7.05. The minimum Gasteiger partial charge on any atom is -0.334 e. The third-order valence-electron chi connectivity index (χ3n) is 5.71. The standard InChI is InChI=1S/C16H25N3/c1-10(17)2-15-8-19(9-18-15)16-13-4-11-3-12(6-13)7-14(16)5-11/h8-14,16H,2-7,17H2,1H3. The first-order valence-electron chi connectivity index (χ1n) is 7.97. The smallest absolute Gasteiger partial charge is 0.0952 e. The van der Waals surface area contributed by atoms with Crippen LogP contribution in [0.1, 0.15) is 50.8 Å². The van der Waals surface area contributed by atoms with E-state index in [-0.39, 0.29) is 6.04 Å². The second kappa shape index (κ2) is 4.34. The first-order valence-corrected chi connectivity index (χ1v) is 7.97. The Balaban J connectivity index is 1.57. The normalized spacial score (nSPS) is 41.7. The molecule has 1 heterocycles. The molecule has 4 saturated carbocycles. The quantitative estimate of drug-likeness (QED) is 0.907. The van der Waals surface area contributed by atoms with Crippen LogP contribution < -0.4 is 5.73 Å². The monoisotopic (exact) mass is 259 g/mol. The van der Waals surface area contributed by atoms with E-state index in [4.69, 9.17) is 5.73 Å². The van der Waals surface area contributed by atoms with Gasteiger partial charge in [0.1, 0.15) is 0 Å². The van der Waals surface area contributed by atoms with Gasteiger partial charge in [-0.05, 0) is 62.7 Å². The maximum Gasteiger partial charge on any atom is 0.0952 e. The molecule has 1 aromatic heterocycles. The lowest BCUT2D eigenvalue weighted by Gasteiger charge is -2.54. The highest BCUT2D eigenvalue weighted by molar-refractivity contribution is 5.06. The molecule has 0 amide bonds. The highest BCUT2D eigenvalue weighted by Gasteiger charge is 2.48. The molecule has 0 spiro atoms. The van der Waals surface area contributed by atoms with Gasteiger partial charge < -0.3 is 10.3 Å². The van der Waals surface area contributed by atoms with Crippen molar-refractivity contribution in [3.8, 4) is 0 Å². The number of imidazole rings is 1. The Morgan fingerprint density at radius 3 is 2.42 bits per heavy atom. The van der Waals surface area contributed by atoms with Crippen molar-refractivity contribution in [2.45, 2.75) is 57.5 Å². The topological polar surface area (TPSA) is 43.8 Å². The Hall–Kier alpha value is -0.830. The third kappa shape index (κ3) is 2.03. The molecule has 4 bridgehead atoms. The average molecular weight is 259 g/mol. The van der Waals surface area contributed by atoms with Crippen LogP contribution >= 0.6 is 0 Å². The van der Waals surface area contributed by atoms with Gasteiger partial charge in [0.15, 0.2) is 0 Å². The van der Waals surface area contributed by atoms with Crippen molar-refractivity contribution < 1.29 is 0 Å². The van der Waals surface area contributed by atoms with Crippen molar-refractivity contribution in [3.63, 3.8) is 0 Å². The van der Waals surface area contributed by atoms with Gasteiger partial charge >= 0.3 is 0 Å². The van der Waals surface area contributed by atoms with Crippen molar-refractivity contribution in [2.75, 3.05) is 0 Å². The zero-order chi connectivity index (χ0) is 13.0. The molecule has 1 atom stereocenters. The van der Waals surface area contributed by atoms with Crippen LogP contribution in [0.5, 0.6) is 0 Å². The van der Waals surface area contributed by atoms with Gasteiger partial charge in [0, 0.05) is 24.7 Å². The van der Waals surface area contributed by atoms with Crippen molar-refractivity contribution in [1.29, 1.82) is 0 Å². The number of hydrogen-bond acceptors (Lipinski definition) is 2. The van der Waals surface area contributed by atoms with E-state index in [0.29, 0.717) is 0 Å². The van der Waals surface area contributed by atoms with Crippen molar-refractivity contribution in [2.24, 2.45) is 29.4 Å². The Bertz CT molecular complexity index is 434. The minimum absolute atomic E-state index is 0.210. The van der Waals surface area contributed by atoms with Gasteiger partial charge in [-0.25, -0.2) is 4.98 Å². The van der Waals surface area contributed by atoms with Gasteiger partial charge in [-0.2, -0.15) is 0 Å². The fourth-order valence-electron chi connectivity index (χ4n) is 5.36. The van der Waals surface area contributed by atoms with E-state index in [9.17, 15) is 0 Å². The molecule has 3 heteroatoms. The fraction of sp³-hybridized carbons (Fsp3) is 0.812. The van der Waals surface area contributed by atoms with E-state index in [1.54, 1.807) is 0 Å². The van der Waals surface area contributed by atoms with E-state index in [2.05, 4.69) is 29.0 Å². The molecule has 0 saturated heterocycles. The van der Waals surface area contributed by atoms with Crippen molar-refractivity contribution >= 4 is 0 Å². The van der Waals surface area contributed by atoms with Crippen LogP contribution in [0.15, 0.2) is 12.5 Å². The van der Waals surface area contributed by atoms with Crippen LogP contribution in [0.3, 0.4) is 0 Å². The first kappa shape index (κ1) is 12.0. The van der Waals surface area contributed by atoms with Gasteiger partial charge in [-0.3, -0.25) is 0 Å². The molecule has 4 aliphatic carbocycles. The van der Waals surface area contributed by atoms with E-state index in [0.717, 1.165) is 36.1 Å². The summed E-state index contributed by atoms with van der Waals surface area (Å²) in [5, 5.41) is 0. The molecule has 4 aliphatic rings. The molecule has 104 valence electrons. The van der Waals surface area contributed by atoms with E-state index in [1.165, 1.54) is 37.8 Å². The number of hydrogen-bond donors (Lipinski definition) is 1. The molecule has 2 N–H and O–H groups in total. The summed E-state index contributed by atoms with van der Waals surface area (Å²) < 4.78 is 2.44. The maximum atomic E-state index is 5.88. The molecule has 5 rings (SSSR count). The second-order valence-corrected chi connectivity index (χ2v) is 7.41. The Morgan fingerprint density at radius 1 is 1.21 bits per heavy atom. The molecule has 4 fully saturated rings. The summed E-state index contributed by atoms with van der Waals surface area (Å²) >= 11 is 0. The van der Waals surface area contributed by atoms with Crippen molar-refractivity contribution in [1.82, 2.24) is 9.55 Å². The van der Waals surface area contributed by atoms with Gasteiger partial charge in [-0.1, -0.05) is 0 Å². The highest BCUT2D eigenvalue weighted by atomic mass is 15.1. The number of nitrogens with two attached hydrogens (primary N) is 1. The molecular weight excluding hydrogens is 234 g/mol. The second-order valence-electron chi connectivity index (χ2n) is 7.41. The minimum atomic E-state index is 0.210. The van der Waals surface area contributed by atoms with Crippen LogP contribution in [0.4, 0.5) is 0 Å². The zero-order valence-electron chi connectivity index (χ0n) is 11.8. The van der Waals surface area contributed by atoms with Crippen LogP contribution in [-0.4, -0.2) is 15.6 Å². The van der Waals surface area contributed by atoms with Crippen molar-refractivity contribution in [3.05, 3.63) is 18.2 Å². The molecule has 3 nitrogen and oxygen atoms in total. The van der Waals surface area contributed by atoms with E-state index < -0.39 is 0 Å². The van der Waals surface area contributed by atoms with Crippen LogP contribution in [0.25, 0.3) is 0 Å². The average Bonchev–Trinajstić information content (AvgIpc) is 2.75. The first-order chi connectivity index (χ1) is 9.19. The predicted molar refractivity (Wildman–Crippen MR) is 75.7 cm³/mol. The lowest BCUT2D eigenvalue weighted by atomic mass is 9.54. The van der Waals surface area contributed by atoms with Gasteiger partial charge in [0.05, 0.1) is 12.0 Å². The van der Waals surface area contributed by atoms with Crippen LogP contribution in [-0.2, 0) is 6.42 Å². The summed E-state index contributed by atoms with van der Waals surface area (Å²) in [6.07, 6.45) is 12.7. The zero-order valence-corrected chi connectivity index (χ0v) is 11.8. The highest BCUT2D eigenvalue weighted by Crippen LogP contribution is 2.58. The molecule has 0 aromatic carbocycles. The Labute approximate surface area is 115 Å². The lowest BCUT2D eigenvalue weighted by Crippen LogP contribution is -2.45. The summed E-state index contributed by atoms with van der Waals surface area (Å²) in [6, 6.07) is 0.948. The lowest BCUT2D eigenvalue weighted by molar-refractivity contribution is -0.0291. The number of rotatable bonds is 3. The van der Waals surface area contributed by atoms with Gasteiger partial charge in [-0.15, -0.1) is 0 Å². The summed E-state index contributed by atoms with van der Waals surface area (Å²) in [7, 11) is 0. The number of nitrogens with zero attached hydrogens (tertiary/aromatic N) is 2. The van der Waals surface area contributed by atoms with E-state index >= 15 is 0 Å².